The first-order valence-corrected chi connectivity index (χ1v) is 9.80. The van der Waals surface area contributed by atoms with E-state index in [2.05, 4.69) is 60.7 Å². The Morgan fingerprint density at radius 3 is 1.39 bits per heavy atom. The Labute approximate surface area is 134 Å². The predicted octanol–water partition coefficient (Wildman–Crippen LogP) is 2.98. The minimum absolute atomic E-state index is 0. The van der Waals surface area contributed by atoms with Crippen molar-refractivity contribution < 1.29 is 31.6 Å². The molecule has 0 unspecified atom stereocenters. The van der Waals surface area contributed by atoms with Gasteiger partial charge in [-0.25, -0.2) is 0 Å². The fourth-order valence-electron chi connectivity index (χ4n) is 3.44. The van der Waals surface area contributed by atoms with Crippen LogP contribution in [-0.2, 0) is 19.2 Å². The van der Waals surface area contributed by atoms with Gasteiger partial charge >= 0.3 is 24.6 Å². The fraction of sp³-hybridized carbons (Fsp3) is 1.00. The van der Waals surface area contributed by atoms with Crippen molar-refractivity contribution >= 4 is 7.92 Å². The third-order valence-corrected chi connectivity index (χ3v) is 7.52. The van der Waals surface area contributed by atoms with Gasteiger partial charge in [-0.15, -0.1) is 0 Å². The summed E-state index contributed by atoms with van der Waals surface area (Å²) in [6.07, 6.45) is 7.44. The van der Waals surface area contributed by atoms with Crippen molar-refractivity contribution in [3.8, 4) is 0 Å². The Hall–Kier alpha value is 1.38. The van der Waals surface area contributed by atoms with Crippen LogP contribution in [0.5, 0.6) is 0 Å². The van der Waals surface area contributed by atoms with Crippen LogP contribution in [0.25, 0.3) is 0 Å². The van der Waals surface area contributed by atoms with E-state index in [1.165, 1.54) is 32.1 Å². The van der Waals surface area contributed by atoms with Crippen LogP contribution in [0.15, 0.2) is 0 Å². The van der Waals surface area contributed by atoms with Crippen LogP contribution in [-0.4, -0.2) is 16.0 Å². The zero-order valence-corrected chi connectivity index (χ0v) is 16.5. The van der Waals surface area contributed by atoms with Gasteiger partial charge in [0.15, 0.2) is 0 Å². The molecule has 0 aromatic carbocycles. The maximum Gasteiger partial charge on any atom is -1.00 e. The number of hydrogen-bond donors (Lipinski definition) is 0. The van der Waals surface area contributed by atoms with Crippen LogP contribution in [0.1, 0.15) is 73.6 Å². The fourth-order valence-corrected chi connectivity index (χ4v) is 8.53. The second-order valence-electron chi connectivity index (χ2n) is 7.00. The standard InChI is InChI=1S/C14H29P.CH3.ClH.Pd/c1-13(2,3)15(14(4,5)6)12-10-8-7-9-11-12;;;/h12H,7-11H2,1-6H3;1H3;1H;/q;;;+1/p-1. The second-order valence-corrected chi connectivity index (χ2v) is 11.2. The molecule has 1 aliphatic rings. The van der Waals surface area contributed by atoms with E-state index in [1.54, 1.807) is 0 Å². The molecule has 0 heterocycles. The van der Waals surface area contributed by atoms with Crippen LogP contribution in [0.2, 0.25) is 5.40 Å². The van der Waals surface area contributed by atoms with Gasteiger partial charge in [0, 0.05) is 0 Å². The van der Waals surface area contributed by atoms with Crippen molar-refractivity contribution in [1.82, 2.24) is 0 Å². The van der Waals surface area contributed by atoms with Gasteiger partial charge in [-0.3, -0.25) is 0 Å². The van der Waals surface area contributed by atoms with Crippen LogP contribution in [0.4, 0.5) is 0 Å². The van der Waals surface area contributed by atoms with Crippen molar-refractivity contribution in [3.63, 3.8) is 0 Å². The number of hydrogen-bond acceptors (Lipinski definition) is 0. The Balaban J connectivity index is 0. The van der Waals surface area contributed by atoms with Gasteiger partial charge in [0.1, 0.15) is 0 Å². The van der Waals surface area contributed by atoms with Gasteiger partial charge in [0.2, 0.25) is 0 Å². The van der Waals surface area contributed by atoms with Crippen LogP contribution >= 0.6 is 7.92 Å². The minimum atomic E-state index is 0. The molecular weight excluding hydrogens is 353 g/mol. The number of rotatable bonds is 1. The predicted molar refractivity (Wildman–Crippen MR) is 79.2 cm³/mol. The molecular formula is C15H32ClPPd. The molecule has 18 heavy (non-hydrogen) atoms. The molecule has 0 radical (unpaired) electrons. The molecule has 1 aliphatic carbocycles. The SMILES string of the molecule is CC(C)(C)P(C1CCCCC1)C(C)(C)C.[CH3][Pd+].[Cl-]. The topological polar surface area (TPSA) is 0 Å². The van der Waals surface area contributed by atoms with E-state index in [1.807, 2.05) is 5.40 Å². The molecule has 1 fully saturated rings. The molecule has 1 rings (SSSR count). The van der Waals surface area contributed by atoms with E-state index in [0.717, 1.165) is 5.66 Å². The largest absolute Gasteiger partial charge is 1.00 e. The van der Waals surface area contributed by atoms with Crippen molar-refractivity contribution in [2.75, 3.05) is 0 Å². The molecule has 0 N–H and O–H groups in total. The summed E-state index contributed by atoms with van der Waals surface area (Å²) in [7, 11) is 0.139. The normalized spacial score (nSPS) is 17.9. The third-order valence-electron chi connectivity index (χ3n) is 3.39. The summed E-state index contributed by atoms with van der Waals surface area (Å²) < 4.78 is 0. The van der Waals surface area contributed by atoms with Crippen molar-refractivity contribution in [2.24, 2.45) is 0 Å². The molecule has 0 nitrogen and oxygen atoms in total. The summed E-state index contributed by atoms with van der Waals surface area (Å²) in [4.78, 5) is 0. The first kappa shape index (κ1) is 21.7. The molecule has 0 bridgehead atoms. The summed E-state index contributed by atoms with van der Waals surface area (Å²) in [6.45, 7) is 14.7. The van der Waals surface area contributed by atoms with Gasteiger partial charge < -0.3 is 12.4 Å². The first-order valence-electron chi connectivity index (χ1n) is 6.84. The van der Waals surface area contributed by atoms with Gasteiger partial charge in [-0.05, 0) is 28.8 Å². The molecule has 0 amide bonds. The average Bonchev–Trinajstić information content (AvgIpc) is 2.18. The smallest absolute Gasteiger partial charge is 1.00 e. The Bertz CT molecular complexity index is 186. The molecule has 3 heteroatoms. The third kappa shape index (κ3) is 7.24. The van der Waals surface area contributed by atoms with Gasteiger partial charge in [-0.1, -0.05) is 68.7 Å². The molecule has 0 saturated heterocycles. The minimum Gasteiger partial charge on any atom is -1.00 e. The van der Waals surface area contributed by atoms with E-state index >= 15 is 0 Å². The molecule has 0 aromatic heterocycles. The zero-order valence-electron chi connectivity index (χ0n) is 13.3. The van der Waals surface area contributed by atoms with Gasteiger partial charge in [-0.2, -0.15) is 0 Å². The molecule has 0 atom stereocenters. The average molecular weight is 385 g/mol. The van der Waals surface area contributed by atoms with Crippen molar-refractivity contribution in [2.45, 2.75) is 95.0 Å². The van der Waals surface area contributed by atoms with Crippen LogP contribution < -0.4 is 12.4 Å². The maximum absolute atomic E-state index is 2.75. The monoisotopic (exact) mass is 384 g/mol. The number of halogens is 1. The van der Waals surface area contributed by atoms with Gasteiger partial charge in [0.25, 0.3) is 0 Å². The molecule has 0 aliphatic heterocycles. The summed E-state index contributed by atoms with van der Waals surface area (Å²) in [6, 6.07) is 0. The Morgan fingerprint density at radius 1 is 0.778 bits per heavy atom. The zero-order chi connectivity index (χ0) is 13.7. The Morgan fingerprint density at radius 2 is 1.11 bits per heavy atom. The second kappa shape index (κ2) is 9.34. The van der Waals surface area contributed by atoms with Crippen molar-refractivity contribution in [1.29, 1.82) is 0 Å². The van der Waals surface area contributed by atoms with E-state index in [0.29, 0.717) is 10.3 Å². The molecule has 1 saturated carbocycles. The first-order chi connectivity index (χ1) is 7.73. The summed E-state index contributed by atoms with van der Waals surface area (Å²) >= 11 is 2.75. The van der Waals surface area contributed by atoms with E-state index in [4.69, 9.17) is 0 Å². The molecule has 0 aromatic rings. The molecule has 114 valence electrons. The summed E-state index contributed by atoms with van der Waals surface area (Å²) in [5, 5.41) is 2.90. The summed E-state index contributed by atoms with van der Waals surface area (Å²) in [5.41, 5.74) is 1.04. The van der Waals surface area contributed by atoms with Crippen LogP contribution in [0, 0.1) is 0 Å². The van der Waals surface area contributed by atoms with Crippen molar-refractivity contribution in [3.05, 3.63) is 0 Å². The van der Waals surface area contributed by atoms with Gasteiger partial charge in [0.05, 0.1) is 0 Å². The molecule has 0 spiro atoms. The van der Waals surface area contributed by atoms with Crippen LogP contribution in [0.3, 0.4) is 0 Å². The summed E-state index contributed by atoms with van der Waals surface area (Å²) in [5.74, 6) is 0. The Kier molecular flexibility index (Phi) is 11.3. The van der Waals surface area contributed by atoms with E-state index in [-0.39, 0.29) is 20.3 Å². The van der Waals surface area contributed by atoms with E-state index < -0.39 is 0 Å². The quantitative estimate of drug-likeness (QED) is 0.481. The maximum atomic E-state index is 2.75. The van der Waals surface area contributed by atoms with E-state index in [9.17, 15) is 0 Å².